The maximum Gasteiger partial charge on any atom is 0.213 e. The van der Waals surface area contributed by atoms with E-state index in [-0.39, 0.29) is 0 Å². The molecule has 0 aliphatic carbocycles. The Bertz CT molecular complexity index is 340. The normalized spacial score (nSPS) is 17.0. The second-order valence-corrected chi connectivity index (χ2v) is 4.65. The first-order valence-electron chi connectivity index (χ1n) is 6.24. The van der Waals surface area contributed by atoms with Gasteiger partial charge < -0.3 is 4.74 Å². The quantitative estimate of drug-likeness (QED) is 0.756. The van der Waals surface area contributed by atoms with Crippen LogP contribution in [0.25, 0.3) is 0 Å². The number of nitrogens with zero attached hydrogens (tertiary/aromatic N) is 2. The average Bonchev–Trinajstić information content (AvgIpc) is 2.40. The standard InChI is InChI=1S/C13H19ClN2O/c14-11-12-4-5-15-13(10-12)17-9-8-16-6-2-1-3-7-16/h4-5,10H,1-3,6-9,11H2. The molecule has 17 heavy (non-hydrogen) atoms. The summed E-state index contributed by atoms with van der Waals surface area (Å²) in [5.41, 5.74) is 1.05. The van der Waals surface area contributed by atoms with Crippen molar-refractivity contribution in [3.63, 3.8) is 0 Å². The predicted molar refractivity (Wildman–Crippen MR) is 69.6 cm³/mol. The molecule has 3 nitrogen and oxygen atoms in total. The van der Waals surface area contributed by atoms with E-state index < -0.39 is 0 Å². The van der Waals surface area contributed by atoms with E-state index in [1.54, 1.807) is 6.20 Å². The monoisotopic (exact) mass is 254 g/mol. The summed E-state index contributed by atoms with van der Waals surface area (Å²) in [4.78, 5) is 6.62. The topological polar surface area (TPSA) is 25.4 Å². The van der Waals surface area contributed by atoms with E-state index in [1.807, 2.05) is 12.1 Å². The van der Waals surface area contributed by atoms with Crippen LogP contribution in [0, 0.1) is 0 Å². The molecule has 0 radical (unpaired) electrons. The molecule has 0 bridgehead atoms. The largest absolute Gasteiger partial charge is 0.476 e. The van der Waals surface area contributed by atoms with Gasteiger partial charge in [-0.1, -0.05) is 6.42 Å². The Morgan fingerprint density at radius 3 is 2.88 bits per heavy atom. The number of piperidine rings is 1. The lowest BCUT2D eigenvalue weighted by Crippen LogP contribution is -2.33. The van der Waals surface area contributed by atoms with E-state index in [2.05, 4.69) is 9.88 Å². The number of alkyl halides is 1. The van der Waals surface area contributed by atoms with Gasteiger partial charge in [-0.05, 0) is 37.6 Å². The summed E-state index contributed by atoms with van der Waals surface area (Å²) in [6.45, 7) is 4.11. The molecule has 94 valence electrons. The van der Waals surface area contributed by atoms with Crippen molar-refractivity contribution in [3.8, 4) is 5.88 Å². The Morgan fingerprint density at radius 1 is 1.29 bits per heavy atom. The molecule has 0 amide bonds. The molecule has 1 aromatic rings. The highest BCUT2D eigenvalue weighted by Crippen LogP contribution is 2.12. The minimum atomic E-state index is 0.505. The van der Waals surface area contributed by atoms with Gasteiger partial charge in [-0.25, -0.2) is 4.98 Å². The van der Waals surface area contributed by atoms with Crippen LogP contribution in [0.5, 0.6) is 5.88 Å². The van der Waals surface area contributed by atoms with Gasteiger partial charge in [0.05, 0.1) is 0 Å². The molecule has 2 rings (SSSR count). The van der Waals surface area contributed by atoms with Crippen molar-refractivity contribution < 1.29 is 4.74 Å². The number of hydrogen-bond acceptors (Lipinski definition) is 3. The van der Waals surface area contributed by atoms with Crippen LogP contribution in [0.2, 0.25) is 0 Å². The van der Waals surface area contributed by atoms with E-state index >= 15 is 0 Å². The molecule has 2 heterocycles. The minimum Gasteiger partial charge on any atom is -0.476 e. The molecule has 0 unspecified atom stereocenters. The predicted octanol–water partition coefficient (Wildman–Crippen LogP) is 2.69. The summed E-state index contributed by atoms with van der Waals surface area (Å²) in [6, 6.07) is 3.81. The van der Waals surface area contributed by atoms with Crippen molar-refractivity contribution in [2.75, 3.05) is 26.2 Å². The van der Waals surface area contributed by atoms with Crippen molar-refractivity contribution >= 4 is 11.6 Å². The molecular weight excluding hydrogens is 236 g/mol. The zero-order chi connectivity index (χ0) is 11.9. The summed E-state index contributed by atoms with van der Waals surface area (Å²) in [7, 11) is 0. The highest BCUT2D eigenvalue weighted by molar-refractivity contribution is 6.17. The lowest BCUT2D eigenvalue weighted by molar-refractivity contribution is 0.180. The average molecular weight is 255 g/mol. The second-order valence-electron chi connectivity index (χ2n) is 4.39. The summed E-state index contributed by atoms with van der Waals surface area (Å²) in [6.07, 6.45) is 5.75. The van der Waals surface area contributed by atoms with Gasteiger partial charge in [0.25, 0.3) is 0 Å². The smallest absolute Gasteiger partial charge is 0.213 e. The number of likely N-dealkylation sites (tertiary alicyclic amines) is 1. The van der Waals surface area contributed by atoms with Gasteiger partial charge in [0.15, 0.2) is 0 Å². The minimum absolute atomic E-state index is 0.505. The lowest BCUT2D eigenvalue weighted by Gasteiger charge is -2.26. The summed E-state index contributed by atoms with van der Waals surface area (Å²) >= 11 is 5.76. The van der Waals surface area contributed by atoms with Gasteiger partial charge in [-0.3, -0.25) is 4.90 Å². The van der Waals surface area contributed by atoms with Crippen LogP contribution < -0.4 is 4.74 Å². The van der Waals surface area contributed by atoms with E-state index in [1.165, 1.54) is 32.4 Å². The highest BCUT2D eigenvalue weighted by Gasteiger charge is 2.09. The van der Waals surface area contributed by atoms with Crippen LogP contribution >= 0.6 is 11.6 Å². The molecular formula is C13H19ClN2O. The van der Waals surface area contributed by atoms with Gasteiger partial charge in [0.1, 0.15) is 6.61 Å². The fourth-order valence-corrected chi connectivity index (χ4v) is 2.24. The summed E-state index contributed by atoms with van der Waals surface area (Å²) in [5, 5.41) is 0. The van der Waals surface area contributed by atoms with Crippen molar-refractivity contribution in [2.45, 2.75) is 25.1 Å². The first kappa shape index (κ1) is 12.7. The Hall–Kier alpha value is -0.800. The molecule has 0 atom stereocenters. The first-order chi connectivity index (χ1) is 8.38. The van der Waals surface area contributed by atoms with Crippen molar-refractivity contribution in [3.05, 3.63) is 23.9 Å². The number of aromatic nitrogens is 1. The second kappa shape index (κ2) is 6.82. The third-order valence-corrected chi connectivity index (χ3v) is 3.37. The van der Waals surface area contributed by atoms with Gasteiger partial charge in [0, 0.05) is 24.7 Å². The van der Waals surface area contributed by atoms with E-state index in [9.17, 15) is 0 Å². The number of pyridine rings is 1. The fraction of sp³-hybridized carbons (Fsp3) is 0.615. The van der Waals surface area contributed by atoms with Crippen LogP contribution in [0.4, 0.5) is 0 Å². The van der Waals surface area contributed by atoms with E-state index in [0.29, 0.717) is 18.4 Å². The Morgan fingerprint density at radius 2 is 2.12 bits per heavy atom. The third-order valence-electron chi connectivity index (χ3n) is 3.06. The molecule has 1 aromatic heterocycles. The van der Waals surface area contributed by atoms with Crippen LogP contribution in [0.1, 0.15) is 24.8 Å². The molecule has 1 aliphatic rings. The zero-order valence-corrected chi connectivity index (χ0v) is 10.8. The molecule has 0 N–H and O–H groups in total. The molecule has 0 saturated carbocycles. The Labute approximate surface area is 108 Å². The van der Waals surface area contributed by atoms with Crippen molar-refractivity contribution in [1.82, 2.24) is 9.88 Å². The van der Waals surface area contributed by atoms with Crippen LogP contribution in [-0.2, 0) is 5.88 Å². The first-order valence-corrected chi connectivity index (χ1v) is 6.78. The SMILES string of the molecule is ClCc1ccnc(OCCN2CCCCC2)c1. The highest BCUT2D eigenvalue weighted by atomic mass is 35.5. The Balaban J connectivity index is 1.73. The lowest BCUT2D eigenvalue weighted by atomic mass is 10.1. The summed E-state index contributed by atoms with van der Waals surface area (Å²) < 4.78 is 5.64. The van der Waals surface area contributed by atoms with Crippen molar-refractivity contribution in [1.29, 1.82) is 0 Å². The van der Waals surface area contributed by atoms with Gasteiger partial charge >= 0.3 is 0 Å². The van der Waals surface area contributed by atoms with Crippen LogP contribution in [0.3, 0.4) is 0 Å². The number of halogens is 1. The van der Waals surface area contributed by atoms with E-state index in [0.717, 1.165) is 12.1 Å². The molecule has 0 aromatic carbocycles. The fourth-order valence-electron chi connectivity index (χ4n) is 2.07. The van der Waals surface area contributed by atoms with E-state index in [4.69, 9.17) is 16.3 Å². The van der Waals surface area contributed by atoms with Gasteiger partial charge in [0.2, 0.25) is 5.88 Å². The van der Waals surface area contributed by atoms with Crippen molar-refractivity contribution in [2.24, 2.45) is 0 Å². The molecule has 1 fully saturated rings. The van der Waals surface area contributed by atoms with Gasteiger partial charge in [-0.15, -0.1) is 11.6 Å². The third kappa shape index (κ3) is 4.17. The molecule has 4 heteroatoms. The Kier molecular flexibility index (Phi) is 5.08. The molecule has 1 saturated heterocycles. The zero-order valence-electron chi connectivity index (χ0n) is 10.1. The molecule has 0 spiro atoms. The maximum absolute atomic E-state index is 5.76. The van der Waals surface area contributed by atoms with Gasteiger partial charge in [-0.2, -0.15) is 0 Å². The number of hydrogen-bond donors (Lipinski definition) is 0. The maximum atomic E-state index is 5.76. The summed E-state index contributed by atoms with van der Waals surface area (Å²) in [5.74, 6) is 1.19. The van der Waals surface area contributed by atoms with Crippen LogP contribution in [-0.4, -0.2) is 36.1 Å². The number of rotatable bonds is 5. The van der Waals surface area contributed by atoms with Crippen LogP contribution in [0.15, 0.2) is 18.3 Å². The number of ether oxygens (including phenoxy) is 1. The molecule has 1 aliphatic heterocycles.